The Labute approximate surface area is 121 Å². The van der Waals surface area contributed by atoms with Gasteiger partial charge in [0.1, 0.15) is 5.78 Å². The monoisotopic (exact) mass is 293 g/mol. The van der Waals surface area contributed by atoms with E-state index in [1.165, 1.54) is 6.07 Å². The number of likely N-dealkylation sites (tertiary alicyclic amines) is 1. The zero-order valence-electron chi connectivity index (χ0n) is 11.6. The molecule has 2 unspecified atom stereocenters. The standard InChI is InChI=1S/C16H17F2NO2/c17-12-7-6-10(9-13(12)18)16(21)19-8-2-4-14(19)11-3-1-5-15(11)20/h6-7,9,11,14H,1-5,8H2. The third-order valence-electron chi connectivity index (χ3n) is 4.54. The smallest absolute Gasteiger partial charge is 0.254 e. The SMILES string of the molecule is O=C1CCCC1C1CCCN1C(=O)c1ccc(F)c(F)c1. The molecule has 1 aromatic carbocycles. The van der Waals surface area contributed by atoms with Gasteiger partial charge in [-0.05, 0) is 43.9 Å². The molecule has 2 atom stereocenters. The number of benzene rings is 1. The summed E-state index contributed by atoms with van der Waals surface area (Å²) >= 11 is 0. The molecule has 0 radical (unpaired) electrons. The van der Waals surface area contributed by atoms with E-state index in [1.54, 1.807) is 4.90 Å². The molecule has 5 heteroatoms. The van der Waals surface area contributed by atoms with Crippen LogP contribution in [0, 0.1) is 17.6 Å². The van der Waals surface area contributed by atoms with E-state index in [2.05, 4.69) is 0 Å². The van der Waals surface area contributed by atoms with Crippen LogP contribution in [0.25, 0.3) is 0 Å². The molecule has 1 amide bonds. The number of carbonyl (C=O) groups is 2. The first-order valence-electron chi connectivity index (χ1n) is 7.36. The molecule has 2 fully saturated rings. The molecule has 1 saturated carbocycles. The maximum Gasteiger partial charge on any atom is 0.254 e. The fourth-order valence-electron chi connectivity index (χ4n) is 3.51. The summed E-state index contributed by atoms with van der Waals surface area (Å²) in [5, 5.41) is 0. The molecule has 0 N–H and O–H groups in total. The van der Waals surface area contributed by atoms with Crippen LogP contribution in [-0.2, 0) is 4.79 Å². The fourth-order valence-corrected chi connectivity index (χ4v) is 3.51. The maximum absolute atomic E-state index is 13.3. The molecular formula is C16H17F2NO2. The van der Waals surface area contributed by atoms with Gasteiger partial charge in [0.05, 0.1) is 0 Å². The lowest BCUT2D eigenvalue weighted by atomic mass is 9.94. The second-order valence-corrected chi connectivity index (χ2v) is 5.80. The van der Waals surface area contributed by atoms with Crippen LogP contribution in [0.15, 0.2) is 18.2 Å². The van der Waals surface area contributed by atoms with Crippen LogP contribution in [0.4, 0.5) is 8.78 Å². The molecule has 1 aliphatic carbocycles. The van der Waals surface area contributed by atoms with Crippen LogP contribution < -0.4 is 0 Å². The van der Waals surface area contributed by atoms with E-state index >= 15 is 0 Å². The van der Waals surface area contributed by atoms with Crippen molar-refractivity contribution in [2.45, 2.75) is 38.1 Å². The van der Waals surface area contributed by atoms with Crippen molar-refractivity contribution >= 4 is 11.7 Å². The third-order valence-corrected chi connectivity index (χ3v) is 4.54. The Morgan fingerprint density at radius 3 is 2.62 bits per heavy atom. The van der Waals surface area contributed by atoms with Gasteiger partial charge in [0, 0.05) is 30.5 Å². The van der Waals surface area contributed by atoms with Gasteiger partial charge in [0.15, 0.2) is 11.6 Å². The van der Waals surface area contributed by atoms with Gasteiger partial charge >= 0.3 is 0 Å². The summed E-state index contributed by atoms with van der Waals surface area (Å²) in [5.74, 6) is -2.15. The zero-order valence-corrected chi connectivity index (χ0v) is 11.6. The summed E-state index contributed by atoms with van der Waals surface area (Å²) in [5.41, 5.74) is 0.145. The van der Waals surface area contributed by atoms with Crippen molar-refractivity contribution in [1.82, 2.24) is 4.90 Å². The van der Waals surface area contributed by atoms with Crippen LogP contribution in [0.1, 0.15) is 42.5 Å². The molecule has 21 heavy (non-hydrogen) atoms. The molecular weight excluding hydrogens is 276 g/mol. The highest BCUT2D eigenvalue weighted by Crippen LogP contribution is 2.34. The second-order valence-electron chi connectivity index (χ2n) is 5.80. The molecule has 1 saturated heterocycles. The Morgan fingerprint density at radius 1 is 1.14 bits per heavy atom. The average molecular weight is 293 g/mol. The van der Waals surface area contributed by atoms with Crippen LogP contribution in [0.2, 0.25) is 0 Å². The topological polar surface area (TPSA) is 37.4 Å². The number of ketones is 1. The van der Waals surface area contributed by atoms with Crippen LogP contribution in [-0.4, -0.2) is 29.2 Å². The maximum atomic E-state index is 13.3. The minimum Gasteiger partial charge on any atom is -0.335 e. The molecule has 112 valence electrons. The van der Waals surface area contributed by atoms with Gasteiger partial charge in [-0.1, -0.05) is 0 Å². The predicted molar refractivity (Wildman–Crippen MR) is 72.8 cm³/mol. The number of rotatable bonds is 2. The fraction of sp³-hybridized carbons (Fsp3) is 0.500. The number of carbonyl (C=O) groups excluding carboxylic acids is 2. The Hall–Kier alpha value is -1.78. The van der Waals surface area contributed by atoms with E-state index in [-0.39, 0.29) is 29.2 Å². The van der Waals surface area contributed by atoms with E-state index in [9.17, 15) is 18.4 Å². The molecule has 0 bridgehead atoms. The summed E-state index contributed by atoms with van der Waals surface area (Å²) in [6.45, 7) is 0.576. The van der Waals surface area contributed by atoms with Crippen molar-refractivity contribution in [2.75, 3.05) is 6.54 Å². The highest BCUT2D eigenvalue weighted by molar-refractivity contribution is 5.95. The van der Waals surface area contributed by atoms with E-state index in [0.29, 0.717) is 13.0 Å². The van der Waals surface area contributed by atoms with E-state index < -0.39 is 11.6 Å². The number of Topliss-reactive ketones (excluding diaryl/α,β-unsaturated/α-hetero) is 1. The van der Waals surface area contributed by atoms with Crippen molar-refractivity contribution in [3.63, 3.8) is 0 Å². The highest BCUT2D eigenvalue weighted by atomic mass is 19.2. The van der Waals surface area contributed by atoms with Crippen LogP contribution >= 0.6 is 0 Å². The molecule has 3 nitrogen and oxygen atoms in total. The predicted octanol–water partition coefficient (Wildman–Crippen LogP) is 2.94. The number of hydrogen-bond acceptors (Lipinski definition) is 2. The normalized spacial score (nSPS) is 25.6. The van der Waals surface area contributed by atoms with Gasteiger partial charge in [-0.2, -0.15) is 0 Å². The molecule has 0 aromatic heterocycles. The van der Waals surface area contributed by atoms with Crippen LogP contribution in [0.3, 0.4) is 0 Å². The second kappa shape index (κ2) is 5.54. The summed E-state index contributed by atoms with van der Waals surface area (Å²) in [7, 11) is 0. The molecule has 3 rings (SSSR count). The molecule has 1 aliphatic heterocycles. The van der Waals surface area contributed by atoms with Crippen molar-refractivity contribution in [3.8, 4) is 0 Å². The average Bonchev–Trinajstić information content (AvgIpc) is 3.09. The molecule has 2 aliphatic rings. The number of hydrogen-bond donors (Lipinski definition) is 0. The number of nitrogens with zero attached hydrogens (tertiary/aromatic N) is 1. The number of amides is 1. The Kier molecular flexibility index (Phi) is 3.74. The first-order valence-corrected chi connectivity index (χ1v) is 7.36. The highest BCUT2D eigenvalue weighted by Gasteiger charge is 2.40. The summed E-state index contributed by atoms with van der Waals surface area (Å²) in [6.07, 6.45) is 3.96. The number of halogens is 2. The van der Waals surface area contributed by atoms with Gasteiger partial charge in [0.2, 0.25) is 0 Å². The minimum absolute atomic E-state index is 0.0817. The lowest BCUT2D eigenvalue weighted by Crippen LogP contribution is -2.41. The van der Waals surface area contributed by atoms with Crippen molar-refractivity contribution in [2.24, 2.45) is 5.92 Å². The van der Waals surface area contributed by atoms with Crippen molar-refractivity contribution < 1.29 is 18.4 Å². The first-order chi connectivity index (χ1) is 10.1. The van der Waals surface area contributed by atoms with Crippen molar-refractivity contribution in [1.29, 1.82) is 0 Å². The van der Waals surface area contributed by atoms with Gasteiger partial charge < -0.3 is 4.90 Å². The molecule has 1 aromatic rings. The first kappa shape index (κ1) is 14.2. The quantitative estimate of drug-likeness (QED) is 0.840. The van der Waals surface area contributed by atoms with Crippen LogP contribution in [0.5, 0.6) is 0 Å². The van der Waals surface area contributed by atoms with Gasteiger partial charge in [-0.25, -0.2) is 8.78 Å². The zero-order chi connectivity index (χ0) is 15.0. The molecule has 0 spiro atoms. The Balaban J connectivity index is 1.82. The van der Waals surface area contributed by atoms with Gasteiger partial charge in [-0.15, -0.1) is 0 Å². The molecule has 1 heterocycles. The van der Waals surface area contributed by atoms with E-state index in [1.807, 2.05) is 0 Å². The summed E-state index contributed by atoms with van der Waals surface area (Å²) in [6, 6.07) is 3.12. The van der Waals surface area contributed by atoms with E-state index in [0.717, 1.165) is 37.8 Å². The van der Waals surface area contributed by atoms with Gasteiger partial charge in [0.25, 0.3) is 5.91 Å². The summed E-state index contributed by atoms with van der Waals surface area (Å²) < 4.78 is 26.3. The Morgan fingerprint density at radius 2 is 1.95 bits per heavy atom. The third kappa shape index (κ3) is 2.57. The lowest BCUT2D eigenvalue weighted by molar-refractivity contribution is -0.121. The van der Waals surface area contributed by atoms with Crippen molar-refractivity contribution in [3.05, 3.63) is 35.4 Å². The van der Waals surface area contributed by atoms with E-state index in [4.69, 9.17) is 0 Å². The lowest BCUT2D eigenvalue weighted by Gasteiger charge is -2.28. The largest absolute Gasteiger partial charge is 0.335 e. The summed E-state index contributed by atoms with van der Waals surface area (Å²) in [4.78, 5) is 26.1. The Bertz CT molecular complexity index is 588. The van der Waals surface area contributed by atoms with Gasteiger partial charge in [-0.3, -0.25) is 9.59 Å². The minimum atomic E-state index is -1.02.